The van der Waals surface area contributed by atoms with Crippen molar-refractivity contribution in [3.63, 3.8) is 0 Å². The largest absolute Gasteiger partial charge is 0.492 e. The van der Waals surface area contributed by atoms with Crippen LogP contribution in [0.25, 0.3) is 21.9 Å². The molecule has 2 heterocycles. The first-order valence-electron chi connectivity index (χ1n) is 8.52. The van der Waals surface area contributed by atoms with Gasteiger partial charge in [0.25, 0.3) is 0 Å². The van der Waals surface area contributed by atoms with Crippen LogP contribution in [0.3, 0.4) is 0 Å². The van der Waals surface area contributed by atoms with Gasteiger partial charge in [0, 0.05) is 12.1 Å². The SMILES string of the molecule is CCN(CC)CCCCOc1c2ccoc2cc2oc(=O)ccc12. The Morgan fingerprint density at radius 3 is 2.62 bits per heavy atom. The molecule has 0 saturated heterocycles. The molecule has 0 saturated carbocycles. The quantitative estimate of drug-likeness (QED) is 0.461. The lowest BCUT2D eigenvalue weighted by molar-refractivity contribution is 0.268. The zero-order valence-electron chi connectivity index (χ0n) is 14.2. The summed E-state index contributed by atoms with van der Waals surface area (Å²) in [5, 5.41) is 1.70. The Balaban J connectivity index is 1.75. The fourth-order valence-electron chi connectivity index (χ4n) is 2.92. The minimum absolute atomic E-state index is 0.376. The van der Waals surface area contributed by atoms with Gasteiger partial charge in [-0.15, -0.1) is 0 Å². The first kappa shape index (κ1) is 16.6. The van der Waals surface area contributed by atoms with E-state index in [4.69, 9.17) is 13.6 Å². The fourth-order valence-corrected chi connectivity index (χ4v) is 2.92. The molecule has 3 aromatic rings. The molecule has 0 aliphatic rings. The third kappa shape index (κ3) is 3.46. The highest BCUT2D eigenvalue weighted by Crippen LogP contribution is 2.35. The molecule has 128 valence electrons. The molecule has 24 heavy (non-hydrogen) atoms. The molecule has 3 rings (SSSR count). The summed E-state index contributed by atoms with van der Waals surface area (Å²) in [5.74, 6) is 0.725. The molecule has 0 atom stereocenters. The lowest BCUT2D eigenvalue weighted by Gasteiger charge is -2.17. The molecule has 5 heteroatoms. The summed E-state index contributed by atoms with van der Waals surface area (Å²) >= 11 is 0. The van der Waals surface area contributed by atoms with Crippen molar-refractivity contribution in [2.45, 2.75) is 26.7 Å². The van der Waals surface area contributed by atoms with Crippen LogP contribution in [0, 0.1) is 0 Å². The van der Waals surface area contributed by atoms with Crippen LogP contribution in [0.15, 0.2) is 44.2 Å². The number of furan rings is 1. The van der Waals surface area contributed by atoms with Crippen molar-refractivity contribution in [1.29, 1.82) is 0 Å². The molecule has 0 radical (unpaired) electrons. The molecular weight excluding hydrogens is 306 g/mol. The van der Waals surface area contributed by atoms with Crippen LogP contribution in [0.5, 0.6) is 5.75 Å². The smallest absolute Gasteiger partial charge is 0.336 e. The Morgan fingerprint density at radius 1 is 1.04 bits per heavy atom. The maximum absolute atomic E-state index is 11.4. The normalized spacial score (nSPS) is 11.6. The molecular formula is C19H23NO4. The fraction of sp³-hybridized carbons (Fsp3) is 0.421. The van der Waals surface area contributed by atoms with E-state index in [1.54, 1.807) is 18.4 Å². The maximum Gasteiger partial charge on any atom is 0.336 e. The minimum atomic E-state index is -0.376. The molecule has 5 nitrogen and oxygen atoms in total. The average molecular weight is 329 g/mol. The molecule has 0 N–H and O–H groups in total. The van der Waals surface area contributed by atoms with Crippen molar-refractivity contribution >= 4 is 21.9 Å². The van der Waals surface area contributed by atoms with Gasteiger partial charge in [-0.2, -0.15) is 0 Å². The molecule has 0 spiro atoms. The van der Waals surface area contributed by atoms with Gasteiger partial charge >= 0.3 is 5.63 Å². The summed E-state index contributed by atoms with van der Waals surface area (Å²) in [6.45, 7) is 8.23. The van der Waals surface area contributed by atoms with Gasteiger partial charge in [-0.3, -0.25) is 0 Å². The van der Waals surface area contributed by atoms with Crippen molar-refractivity contribution in [2.75, 3.05) is 26.2 Å². The lowest BCUT2D eigenvalue weighted by atomic mass is 10.1. The summed E-state index contributed by atoms with van der Waals surface area (Å²) in [7, 11) is 0. The Labute approximate surface area is 140 Å². The lowest BCUT2D eigenvalue weighted by Crippen LogP contribution is -2.24. The molecule has 2 aromatic heterocycles. The number of hydrogen-bond donors (Lipinski definition) is 0. The van der Waals surface area contributed by atoms with Gasteiger partial charge in [-0.1, -0.05) is 13.8 Å². The molecule has 0 amide bonds. The van der Waals surface area contributed by atoms with E-state index in [-0.39, 0.29) is 5.63 Å². The highest BCUT2D eigenvalue weighted by Gasteiger charge is 2.13. The van der Waals surface area contributed by atoms with Crippen LogP contribution < -0.4 is 10.4 Å². The van der Waals surface area contributed by atoms with E-state index in [9.17, 15) is 4.79 Å². The summed E-state index contributed by atoms with van der Waals surface area (Å²) in [5.41, 5.74) is 0.775. The Hall–Kier alpha value is -2.27. The van der Waals surface area contributed by atoms with Crippen LogP contribution in [0.2, 0.25) is 0 Å². The number of rotatable bonds is 8. The third-order valence-electron chi connectivity index (χ3n) is 4.32. The van der Waals surface area contributed by atoms with Crippen LogP contribution in [-0.4, -0.2) is 31.1 Å². The van der Waals surface area contributed by atoms with E-state index in [0.717, 1.165) is 49.0 Å². The summed E-state index contributed by atoms with van der Waals surface area (Å²) in [6, 6.07) is 6.78. The highest BCUT2D eigenvalue weighted by molar-refractivity contribution is 6.01. The number of ether oxygens (including phenoxy) is 1. The number of nitrogens with zero attached hydrogens (tertiary/aromatic N) is 1. The minimum Gasteiger partial charge on any atom is -0.492 e. The van der Waals surface area contributed by atoms with Gasteiger partial charge in [0.1, 0.15) is 16.9 Å². The molecule has 0 aliphatic carbocycles. The molecule has 0 bridgehead atoms. The van der Waals surface area contributed by atoms with E-state index in [0.29, 0.717) is 17.8 Å². The van der Waals surface area contributed by atoms with Crippen molar-refractivity contribution < 1.29 is 13.6 Å². The molecule has 0 fully saturated rings. The van der Waals surface area contributed by atoms with Crippen molar-refractivity contribution in [3.8, 4) is 5.75 Å². The monoisotopic (exact) mass is 329 g/mol. The Kier molecular flexibility index (Phi) is 5.20. The average Bonchev–Trinajstić information content (AvgIpc) is 3.05. The standard InChI is InChI=1S/C19H23NO4/c1-3-20(4-2)10-5-6-11-23-19-14-7-8-18(21)24-17(14)13-16-15(19)9-12-22-16/h7-9,12-13H,3-6,10-11H2,1-2H3. The van der Waals surface area contributed by atoms with E-state index < -0.39 is 0 Å². The number of hydrogen-bond acceptors (Lipinski definition) is 5. The second kappa shape index (κ2) is 7.53. The Bertz CT molecular complexity index is 861. The van der Waals surface area contributed by atoms with Crippen LogP contribution in [0.4, 0.5) is 0 Å². The number of unbranched alkanes of at least 4 members (excludes halogenated alkanes) is 1. The summed E-state index contributed by atoms with van der Waals surface area (Å²) in [4.78, 5) is 13.8. The highest BCUT2D eigenvalue weighted by atomic mass is 16.5. The molecule has 1 aromatic carbocycles. The predicted octanol–water partition coefficient (Wildman–Crippen LogP) is 4.04. The predicted molar refractivity (Wildman–Crippen MR) is 94.8 cm³/mol. The van der Waals surface area contributed by atoms with Crippen LogP contribution >= 0.6 is 0 Å². The van der Waals surface area contributed by atoms with Gasteiger partial charge in [0.2, 0.25) is 0 Å². The summed E-state index contributed by atoms with van der Waals surface area (Å²) < 4.78 is 16.8. The zero-order valence-corrected chi connectivity index (χ0v) is 14.2. The van der Waals surface area contributed by atoms with Gasteiger partial charge in [0.15, 0.2) is 0 Å². The molecule has 0 unspecified atom stereocenters. The third-order valence-corrected chi connectivity index (χ3v) is 4.32. The van der Waals surface area contributed by atoms with E-state index >= 15 is 0 Å². The van der Waals surface area contributed by atoms with E-state index in [1.165, 1.54) is 6.07 Å². The number of benzene rings is 1. The van der Waals surface area contributed by atoms with Crippen LogP contribution in [-0.2, 0) is 0 Å². The number of fused-ring (bicyclic) bond motifs is 2. The van der Waals surface area contributed by atoms with Crippen molar-refractivity contribution in [3.05, 3.63) is 40.9 Å². The van der Waals surface area contributed by atoms with Gasteiger partial charge < -0.3 is 18.5 Å². The Morgan fingerprint density at radius 2 is 1.83 bits per heavy atom. The van der Waals surface area contributed by atoms with Gasteiger partial charge in [0.05, 0.1) is 23.6 Å². The second-order valence-electron chi connectivity index (χ2n) is 5.79. The summed E-state index contributed by atoms with van der Waals surface area (Å²) in [6.07, 6.45) is 3.69. The zero-order chi connectivity index (χ0) is 16.9. The topological polar surface area (TPSA) is 55.8 Å². The first-order valence-corrected chi connectivity index (χ1v) is 8.52. The van der Waals surface area contributed by atoms with Crippen molar-refractivity contribution in [2.24, 2.45) is 0 Å². The van der Waals surface area contributed by atoms with Crippen LogP contribution in [0.1, 0.15) is 26.7 Å². The first-order chi connectivity index (χ1) is 11.7. The van der Waals surface area contributed by atoms with Crippen molar-refractivity contribution in [1.82, 2.24) is 4.90 Å². The second-order valence-corrected chi connectivity index (χ2v) is 5.79. The van der Waals surface area contributed by atoms with Gasteiger partial charge in [-0.05, 0) is 44.6 Å². The van der Waals surface area contributed by atoms with Gasteiger partial charge in [-0.25, -0.2) is 4.79 Å². The maximum atomic E-state index is 11.4. The van der Waals surface area contributed by atoms with E-state index in [2.05, 4.69) is 18.7 Å². The molecule has 0 aliphatic heterocycles. The van der Waals surface area contributed by atoms with E-state index in [1.807, 2.05) is 6.07 Å².